The van der Waals surface area contributed by atoms with E-state index >= 15 is 0 Å². The zero-order chi connectivity index (χ0) is 20.7. The third kappa shape index (κ3) is 31.2. The Bertz CT molecular complexity index is 447. The molecular weight excluding hydrogens is 485 g/mol. The summed E-state index contributed by atoms with van der Waals surface area (Å²) in [6.45, 7) is -1.33. The summed E-state index contributed by atoms with van der Waals surface area (Å²) in [6, 6.07) is 0. The van der Waals surface area contributed by atoms with Crippen LogP contribution in [0.1, 0.15) is 0 Å². The summed E-state index contributed by atoms with van der Waals surface area (Å²) < 4.78 is 0. The van der Waals surface area contributed by atoms with Crippen molar-refractivity contribution in [3.8, 4) is 0 Å². The van der Waals surface area contributed by atoms with Crippen molar-refractivity contribution in [2.24, 2.45) is 0 Å². The van der Waals surface area contributed by atoms with Crippen LogP contribution in [0, 0.1) is 0 Å². The largest absolute Gasteiger partial charge is 1.00 e. The zero-order valence-electron chi connectivity index (χ0n) is 19.7. The van der Waals surface area contributed by atoms with Crippen LogP contribution in [0.25, 0.3) is 0 Å². The van der Waals surface area contributed by atoms with Crippen molar-refractivity contribution in [2.75, 3.05) is 72.1 Å². The van der Waals surface area contributed by atoms with E-state index < -0.39 is 37.5 Å². The van der Waals surface area contributed by atoms with Crippen LogP contribution in [0.3, 0.4) is 0 Å². The quantitative estimate of drug-likeness (QED) is 0.0965. The molecule has 0 saturated heterocycles. The van der Waals surface area contributed by atoms with Crippen LogP contribution in [0.2, 0.25) is 0 Å². The van der Waals surface area contributed by atoms with Crippen molar-refractivity contribution in [3.05, 3.63) is 0 Å². The van der Waals surface area contributed by atoms with Crippen molar-refractivity contribution < 1.29 is 198 Å². The third-order valence-corrected chi connectivity index (χ3v) is 3.50. The van der Waals surface area contributed by atoms with Gasteiger partial charge in [-0.25, -0.2) is 0 Å². The first-order valence-corrected chi connectivity index (χ1v) is 8.04. The SMILES string of the molecule is O=C([O-])CN(CCN(CCO[O-])CCO[O-])CCN(CC(=O)[O-])CC(=O)[O-].[Na+].[Na+].[Na+].[Na+].[Na+]. The first kappa shape index (κ1) is 48.2. The fraction of sp³-hybridized carbons (Fsp3) is 0.786. The number of carbonyl (C=O) groups is 3. The molecule has 13 nitrogen and oxygen atoms in total. The van der Waals surface area contributed by atoms with Gasteiger partial charge in [-0.15, -0.1) is 0 Å². The molecule has 0 aromatic heterocycles. The van der Waals surface area contributed by atoms with Gasteiger partial charge in [0.1, 0.15) is 0 Å². The number of carbonyl (C=O) groups excluding carboxylic acids is 3. The summed E-state index contributed by atoms with van der Waals surface area (Å²) in [5, 5.41) is 52.5. The van der Waals surface area contributed by atoms with E-state index in [4.69, 9.17) is 0 Å². The van der Waals surface area contributed by atoms with Gasteiger partial charge in [0.25, 0.3) is 0 Å². The van der Waals surface area contributed by atoms with Crippen LogP contribution >= 0.6 is 0 Å². The van der Waals surface area contributed by atoms with E-state index in [2.05, 4.69) is 9.78 Å². The van der Waals surface area contributed by atoms with E-state index in [9.17, 15) is 40.2 Å². The molecule has 0 heterocycles. The van der Waals surface area contributed by atoms with Gasteiger partial charge in [0.2, 0.25) is 0 Å². The van der Waals surface area contributed by atoms with Gasteiger partial charge in [0, 0.05) is 72.1 Å². The summed E-state index contributed by atoms with van der Waals surface area (Å²) in [5.74, 6) is -4.34. The summed E-state index contributed by atoms with van der Waals surface area (Å²) in [6.07, 6.45) is 0. The molecule has 0 saturated carbocycles. The van der Waals surface area contributed by atoms with Crippen LogP contribution in [-0.4, -0.2) is 105 Å². The minimum absolute atomic E-state index is 0. The molecule has 0 spiro atoms. The molecule has 0 bridgehead atoms. The van der Waals surface area contributed by atoms with Gasteiger partial charge < -0.3 is 50.0 Å². The molecule has 158 valence electrons. The van der Waals surface area contributed by atoms with Crippen LogP contribution in [-0.2, 0) is 24.2 Å². The molecule has 0 rings (SSSR count). The minimum Gasteiger partial charge on any atom is -0.723 e. The average molecular weight is 507 g/mol. The first-order valence-electron chi connectivity index (χ1n) is 8.04. The third-order valence-electron chi connectivity index (χ3n) is 3.50. The van der Waals surface area contributed by atoms with Crippen molar-refractivity contribution in [3.63, 3.8) is 0 Å². The van der Waals surface area contributed by atoms with Gasteiger partial charge in [-0.2, -0.15) is 0 Å². The molecule has 0 aliphatic heterocycles. The summed E-state index contributed by atoms with van der Waals surface area (Å²) in [4.78, 5) is 43.7. The molecular formula is C14H22N3Na5O10. The van der Waals surface area contributed by atoms with Gasteiger partial charge in [0.05, 0.1) is 17.9 Å². The van der Waals surface area contributed by atoms with Gasteiger partial charge in [-0.1, -0.05) is 0 Å². The maximum atomic E-state index is 10.9. The van der Waals surface area contributed by atoms with E-state index in [1.807, 2.05) is 0 Å². The second kappa shape index (κ2) is 32.2. The van der Waals surface area contributed by atoms with Crippen LogP contribution in [0.15, 0.2) is 0 Å². The smallest absolute Gasteiger partial charge is 0.723 e. The number of rotatable bonds is 18. The topological polar surface area (TPSA) is 195 Å². The number of carboxylic acids is 3. The summed E-state index contributed by atoms with van der Waals surface area (Å²) in [5.41, 5.74) is 0. The van der Waals surface area contributed by atoms with E-state index in [1.165, 1.54) is 4.90 Å². The number of aliphatic carboxylic acids is 3. The second-order valence-corrected chi connectivity index (χ2v) is 5.59. The molecule has 0 aromatic rings. The van der Waals surface area contributed by atoms with E-state index in [1.54, 1.807) is 4.90 Å². The number of hydrogen-bond donors (Lipinski definition) is 0. The van der Waals surface area contributed by atoms with E-state index in [0.717, 1.165) is 4.90 Å². The fourth-order valence-electron chi connectivity index (χ4n) is 2.27. The molecule has 0 aliphatic carbocycles. The molecule has 0 fully saturated rings. The normalized spacial score (nSPS) is 9.66. The minimum atomic E-state index is -1.48. The Hall–Kier alpha value is 3.13. The number of hydrogen-bond acceptors (Lipinski definition) is 13. The zero-order valence-corrected chi connectivity index (χ0v) is 29.7. The molecule has 0 amide bonds. The monoisotopic (exact) mass is 507 g/mol. The Labute approximate surface area is 297 Å². The molecule has 18 heteroatoms. The average Bonchev–Trinajstić information content (AvgIpc) is 2.56. The van der Waals surface area contributed by atoms with Gasteiger partial charge in [-0.05, 0) is 0 Å². The Morgan fingerprint density at radius 2 is 0.781 bits per heavy atom. The Morgan fingerprint density at radius 3 is 1.09 bits per heavy atom. The Kier molecular flexibility index (Phi) is 48.5. The molecule has 0 aromatic carbocycles. The predicted octanol–water partition coefficient (Wildman–Crippen LogP) is -23.3. The van der Waals surface area contributed by atoms with Crippen molar-refractivity contribution >= 4 is 17.9 Å². The predicted molar refractivity (Wildman–Crippen MR) is 76.2 cm³/mol. The Balaban J connectivity index is -0.000000338. The van der Waals surface area contributed by atoms with Crippen molar-refractivity contribution in [2.45, 2.75) is 0 Å². The van der Waals surface area contributed by atoms with Gasteiger partial charge in [0.15, 0.2) is 0 Å². The van der Waals surface area contributed by atoms with Crippen LogP contribution in [0.5, 0.6) is 0 Å². The van der Waals surface area contributed by atoms with Crippen LogP contribution in [0.4, 0.5) is 0 Å². The van der Waals surface area contributed by atoms with E-state index in [-0.39, 0.29) is 200 Å². The van der Waals surface area contributed by atoms with Gasteiger partial charge >= 0.3 is 148 Å². The maximum absolute atomic E-state index is 10.9. The molecule has 0 radical (unpaired) electrons. The second-order valence-electron chi connectivity index (χ2n) is 5.59. The molecule has 0 unspecified atom stereocenters. The fourth-order valence-corrected chi connectivity index (χ4v) is 2.27. The van der Waals surface area contributed by atoms with Gasteiger partial charge in [-0.3, -0.25) is 14.7 Å². The Morgan fingerprint density at radius 1 is 0.500 bits per heavy atom. The number of carboxylic acid groups (broad SMARTS) is 3. The standard InChI is InChI=1S/C14H27N3O10.5Na/c18-12(19)9-16(2-1-15(5-7-26-24)6-8-27-25)3-4-17(10-13(20)21)11-14(22)23;;;;;/h24-25H,1-11H2,(H,18,19)(H,20,21)(H,22,23);;;;;/q;5*+1/p-5. The maximum Gasteiger partial charge on any atom is 1.00 e. The van der Waals surface area contributed by atoms with Crippen LogP contribution < -0.4 is 174 Å². The summed E-state index contributed by atoms with van der Waals surface area (Å²) >= 11 is 0. The number of nitrogens with zero attached hydrogens (tertiary/aromatic N) is 3. The molecule has 32 heavy (non-hydrogen) atoms. The molecule has 0 N–H and O–H groups in total. The first-order chi connectivity index (χ1) is 12.8. The van der Waals surface area contributed by atoms with Crippen molar-refractivity contribution in [1.82, 2.24) is 14.7 Å². The molecule has 0 atom stereocenters. The van der Waals surface area contributed by atoms with E-state index in [0.29, 0.717) is 0 Å². The van der Waals surface area contributed by atoms with Crippen molar-refractivity contribution in [1.29, 1.82) is 0 Å². The summed E-state index contributed by atoms with van der Waals surface area (Å²) in [7, 11) is 0. The molecule has 0 aliphatic rings.